The third-order valence-electron chi connectivity index (χ3n) is 5.59. The molecular weight excluding hydrogens is 412 g/mol. The smallest absolute Gasteiger partial charge is 0.294 e. The van der Waals surface area contributed by atoms with Crippen LogP contribution in [0.2, 0.25) is 0 Å². The number of rotatable bonds is 7. The van der Waals surface area contributed by atoms with Crippen molar-refractivity contribution in [3.8, 4) is 5.75 Å². The van der Waals surface area contributed by atoms with Crippen LogP contribution in [-0.2, 0) is 16.0 Å². The van der Waals surface area contributed by atoms with Crippen LogP contribution >= 0.6 is 0 Å². The van der Waals surface area contributed by atoms with Crippen molar-refractivity contribution >= 4 is 23.6 Å². The number of para-hydroxylation sites is 2. The van der Waals surface area contributed by atoms with Crippen molar-refractivity contribution in [2.45, 2.75) is 32.7 Å². The summed E-state index contributed by atoms with van der Waals surface area (Å²) in [6, 6.07) is 25.3. The monoisotopic (exact) mass is 440 g/mol. The molecule has 3 aromatic rings. The molecule has 168 valence electrons. The van der Waals surface area contributed by atoms with E-state index in [1.54, 1.807) is 18.2 Å². The number of hydrogen-bond acceptors (Lipinski definition) is 3. The Morgan fingerprint density at radius 1 is 1.03 bits per heavy atom. The number of nitrogens with one attached hydrogen (secondary N) is 1. The summed E-state index contributed by atoms with van der Waals surface area (Å²) in [6.07, 6.45) is 3.42. The number of ether oxygens (including phenoxy) is 1. The van der Waals surface area contributed by atoms with Gasteiger partial charge >= 0.3 is 0 Å². The van der Waals surface area contributed by atoms with Gasteiger partial charge in [-0.3, -0.25) is 14.5 Å². The van der Waals surface area contributed by atoms with Crippen molar-refractivity contribution in [1.29, 1.82) is 0 Å². The lowest BCUT2D eigenvalue weighted by atomic mass is 10.1. The van der Waals surface area contributed by atoms with Crippen LogP contribution in [0.4, 0.5) is 5.69 Å². The van der Waals surface area contributed by atoms with E-state index in [1.165, 1.54) is 10.5 Å². The van der Waals surface area contributed by atoms with E-state index < -0.39 is 0 Å². The molecule has 33 heavy (non-hydrogen) atoms. The van der Waals surface area contributed by atoms with Crippen LogP contribution in [0.5, 0.6) is 5.75 Å². The number of anilines is 1. The summed E-state index contributed by atoms with van der Waals surface area (Å²) in [6.45, 7) is 3.91. The van der Waals surface area contributed by atoms with E-state index in [0.29, 0.717) is 11.4 Å². The van der Waals surface area contributed by atoms with Crippen LogP contribution in [0.1, 0.15) is 30.0 Å². The van der Waals surface area contributed by atoms with E-state index in [-0.39, 0.29) is 30.2 Å². The molecule has 0 unspecified atom stereocenters. The average Bonchev–Trinajstić information content (AvgIpc) is 2.81. The van der Waals surface area contributed by atoms with Crippen molar-refractivity contribution < 1.29 is 14.3 Å². The molecule has 5 heteroatoms. The Balaban J connectivity index is 1.47. The van der Waals surface area contributed by atoms with Gasteiger partial charge in [0.1, 0.15) is 6.54 Å². The molecule has 0 aliphatic carbocycles. The number of hydrogen-bond donors (Lipinski definition) is 1. The van der Waals surface area contributed by atoms with Gasteiger partial charge in [-0.25, -0.2) is 0 Å². The average molecular weight is 441 g/mol. The van der Waals surface area contributed by atoms with Gasteiger partial charge in [0.2, 0.25) is 5.91 Å². The Hall–Kier alpha value is -3.86. The molecule has 0 spiro atoms. The molecule has 1 atom stereocenters. The number of fused-ring (bicyclic) bond motifs is 1. The van der Waals surface area contributed by atoms with Crippen LogP contribution in [0, 0.1) is 6.92 Å². The maximum atomic E-state index is 13.3. The van der Waals surface area contributed by atoms with Crippen LogP contribution in [0.3, 0.4) is 0 Å². The Morgan fingerprint density at radius 3 is 2.58 bits per heavy atom. The summed E-state index contributed by atoms with van der Waals surface area (Å²) in [4.78, 5) is 27.6. The summed E-state index contributed by atoms with van der Waals surface area (Å²) in [5.41, 5.74) is 3.79. The minimum Gasteiger partial charge on any atom is -0.449 e. The van der Waals surface area contributed by atoms with Crippen molar-refractivity contribution in [2.24, 2.45) is 0 Å². The van der Waals surface area contributed by atoms with E-state index in [0.717, 1.165) is 24.0 Å². The van der Waals surface area contributed by atoms with Crippen LogP contribution < -0.4 is 15.0 Å². The highest BCUT2D eigenvalue weighted by molar-refractivity contribution is 6.12. The van der Waals surface area contributed by atoms with E-state index in [2.05, 4.69) is 17.4 Å². The molecule has 0 saturated carbocycles. The molecule has 2 amide bonds. The highest BCUT2D eigenvalue weighted by Gasteiger charge is 2.31. The third-order valence-corrected chi connectivity index (χ3v) is 5.59. The first kappa shape index (κ1) is 22.3. The number of aryl methyl sites for hydroxylation is 2. The van der Waals surface area contributed by atoms with Crippen molar-refractivity contribution in [2.75, 3.05) is 11.4 Å². The maximum Gasteiger partial charge on any atom is 0.294 e. The predicted molar refractivity (Wildman–Crippen MR) is 131 cm³/mol. The van der Waals surface area contributed by atoms with Crippen molar-refractivity contribution in [3.63, 3.8) is 0 Å². The largest absolute Gasteiger partial charge is 0.449 e. The first-order valence-electron chi connectivity index (χ1n) is 11.2. The Morgan fingerprint density at radius 2 is 1.79 bits per heavy atom. The molecule has 0 fully saturated rings. The van der Waals surface area contributed by atoms with Crippen molar-refractivity contribution in [3.05, 3.63) is 101 Å². The number of carbonyl (C=O) groups excluding carboxylic acids is 2. The Labute approximate surface area is 194 Å². The second-order valence-corrected chi connectivity index (χ2v) is 8.38. The topological polar surface area (TPSA) is 58.6 Å². The SMILES string of the molecule is Cc1cccc(/C=C2/Oc3ccccc3N(CC(=O)N[C@H](C)CCc3ccccc3)C2=O)c1. The molecule has 0 radical (unpaired) electrons. The summed E-state index contributed by atoms with van der Waals surface area (Å²) < 4.78 is 5.91. The van der Waals surface area contributed by atoms with Crippen LogP contribution in [-0.4, -0.2) is 24.4 Å². The van der Waals surface area contributed by atoms with Gasteiger partial charge in [-0.1, -0.05) is 72.3 Å². The zero-order valence-corrected chi connectivity index (χ0v) is 19.0. The number of carbonyl (C=O) groups is 2. The summed E-state index contributed by atoms with van der Waals surface area (Å²) in [5.74, 6) is 0.225. The van der Waals surface area contributed by atoms with Gasteiger partial charge in [0.05, 0.1) is 5.69 Å². The third kappa shape index (κ3) is 5.69. The van der Waals surface area contributed by atoms with Gasteiger partial charge in [0, 0.05) is 6.04 Å². The van der Waals surface area contributed by atoms with Crippen molar-refractivity contribution in [1.82, 2.24) is 5.32 Å². The van der Waals surface area contributed by atoms with Gasteiger partial charge in [-0.2, -0.15) is 0 Å². The lowest BCUT2D eigenvalue weighted by molar-refractivity contribution is -0.123. The molecule has 0 saturated heterocycles. The second-order valence-electron chi connectivity index (χ2n) is 8.38. The number of amides is 2. The molecule has 1 heterocycles. The Bertz CT molecular complexity index is 1170. The van der Waals surface area contributed by atoms with Crippen LogP contribution in [0.15, 0.2) is 84.6 Å². The highest BCUT2D eigenvalue weighted by atomic mass is 16.5. The minimum atomic E-state index is -0.331. The predicted octanol–water partition coefficient (Wildman–Crippen LogP) is 4.90. The minimum absolute atomic E-state index is 0.00796. The van der Waals surface area contributed by atoms with Gasteiger partial charge in [-0.05, 0) is 56.0 Å². The molecule has 1 aliphatic heterocycles. The Kier molecular flexibility index (Phi) is 6.89. The molecule has 0 bridgehead atoms. The van der Waals surface area contributed by atoms with E-state index in [4.69, 9.17) is 4.74 Å². The number of nitrogens with zero attached hydrogens (tertiary/aromatic N) is 1. The lowest BCUT2D eigenvalue weighted by Gasteiger charge is -2.30. The maximum absolute atomic E-state index is 13.3. The molecule has 3 aromatic carbocycles. The molecule has 4 rings (SSSR count). The molecule has 1 N–H and O–H groups in total. The standard InChI is InChI=1S/C28H28N2O3/c1-20-9-8-12-23(17-20)18-26-28(32)30(24-13-6-7-14-25(24)33-26)19-27(31)29-21(2)15-16-22-10-4-3-5-11-22/h3-14,17-18,21H,15-16,19H2,1-2H3,(H,29,31)/b26-18+/t21-/m1/s1. The second kappa shape index (κ2) is 10.2. The van der Waals surface area contributed by atoms with E-state index >= 15 is 0 Å². The molecular formula is C28H28N2O3. The fourth-order valence-corrected chi connectivity index (χ4v) is 3.89. The fourth-order valence-electron chi connectivity index (χ4n) is 3.89. The van der Waals surface area contributed by atoms with E-state index in [9.17, 15) is 9.59 Å². The zero-order valence-electron chi connectivity index (χ0n) is 19.0. The molecule has 0 aromatic heterocycles. The normalized spacial score (nSPS) is 15.0. The zero-order chi connectivity index (χ0) is 23.2. The first-order chi connectivity index (χ1) is 16.0. The summed E-state index contributed by atoms with van der Waals surface area (Å²) in [5, 5.41) is 3.03. The highest BCUT2D eigenvalue weighted by Crippen LogP contribution is 2.35. The fraction of sp³-hybridized carbons (Fsp3) is 0.214. The lowest BCUT2D eigenvalue weighted by Crippen LogP contribution is -2.46. The van der Waals surface area contributed by atoms with Crippen LogP contribution in [0.25, 0.3) is 6.08 Å². The first-order valence-corrected chi connectivity index (χ1v) is 11.2. The molecule has 5 nitrogen and oxygen atoms in total. The molecule has 1 aliphatic rings. The number of benzene rings is 3. The van der Waals surface area contributed by atoms with E-state index in [1.807, 2.05) is 68.4 Å². The van der Waals surface area contributed by atoms with Gasteiger partial charge in [-0.15, -0.1) is 0 Å². The van der Waals surface area contributed by atoms with Gasteiger partial charge in [0.25, 0.3) is 5.91 Å². The summed E-state index contributed by atoms with van der Waals surface area (Å²) in [7, 11) is 0. The quantitative estimate of drug-likeness (QED) is 0.532. The van der Waals surface area contributed by atoms with Gasteiger partial charge < -0.3 is 10.1 Å². The summed E-state index contributed by atoms with van der Waals surface area (Å²) >= 11 is 0. The van der Waals surface area contributed by atoms with Gasteiger partial charge in [0.15, 0.2) is 11.5 Å².